The molecule has 0 bridgehead atoms. The van der Waals surface area contributed by atoms with Crippen molar-refractivity contribution in [2.45, 2.75) is 25.4 Å². The first kappa shape index (κ1) is 8.24. The van der Waals surface area contributed by atoms with E-state index < -0.39 is 0 Å². The summed E-state index contributed by atoms with van der Waals surface area (Å²) in [6, 6.07) is 4.07. The van der Waals surface area contributed by atoms with Crippen LogP contribution in [-0.2, 0) is 6.42 Å². The number of hydrogen-bond donors (Lipinski definition) is 1. The Bertz CT molecular complexity index is 360. The van der Waals surface area contributed by atoms with E-state index in [9.17, 15) is 5.11 Å². The van der Waals surface area contributed by atoms with Gasteiger partial charge in [0.25, 0.3) is 0 Å². The molecule has 1 aliphatic carbocycles. The van der Waals surface area contributed by atoms with E-state index in [1.807, 2.05) is 12.1 Å². The highest BCUT2D eigenvalue weighted by molar-refractivity contribution is 5.45. The quantitative estimate of drug-likeness (QED) is 0.724. The van der Waals surface area contributed by atoms with Crippen molar-refractivity contribution >= 4 is 5.82 Å². The molecule has 3 rings (SSSR count). The van der Waals surface area contributed by atoms with E-state index in [1.54, 1.807) is 0 Å². The van der Waals surface area contributed by atoms with Gasteiger partial charge in [0.1, 0.15) is 5.82 Å². The van der Waals surface area contributed by atoms with Crippen LogP contribution in [-0.4, -0.2) is 23.2 Å². The predicted molar refractivity (Wildman–Crippen MR) is 54.3 cm³/mol. The van der Waals surface area contributed by atoms with Crippen LogP contribution in [0.15, 0.2) is 12.1 Å². The number of pyridine rings is 1. The standard InChI is InChI=1S/C11H14N2O/c14-10-4-3-9-8(10)2-5-11(12-9)13-6-1-7-13/h2,5,10,14H,1,3-4,6-7H2. The summed E-state index contributed by atoms with van der Waals surface area (Å²) in [6.07, 6.45) is 2.77. The topological polar surface area (TPSA) is 36.4 Å². The summed E-state index contributed by atoms with van der Waals surface area (Å²) in [4.78, 5) is 6.87. The lowest BCUT2D eigenvalue weighted by Crippen LogP contribution is -2.37. The van der Waals surface area contributed by atoms with Crippen LogP contribution < -0.4 is 4.90 Å². The van der Waals surface area contributed by atoms with Crippen molar-refractivity contribution in [1.82, 2.24) is 4.98 Å². The number of aliphatic hydroxyl groups excluding tert-OH is 1. The summed E-state index contributed by atoms with van der Waals surface area (Å²) < 4.78 is 0. The lowest BCUT2D eigenvalue weighted by molar-refractivity contribution is 0.180. The van der Waals surface area contributed by atoms with Crippen LogP contribution in [0.3, 0.4) is 0 Å². The molecule has 1 aromatic heterocycles. The highest BCUT2D eigenvalue weighted by Crippen LogP contribution is 2.31. The largest absolute Gasteiger partial charge is 0.388 e. The van der Waals surface area contributed by atoms with Crippen molar-refractivity contribution in [3.05, 3.63) is 23.4 Å². The fourth-order valence-corrected chi connectivity index (χ4v) is 2.15. The zero-order chi connectivity index (χ0) is 9.54. The van der Waals surface area contributed by atoms with Crippen molar-refractivity contribution in [3.8, 4) is 0 Å². The number of aliphatic hydroxyl groups is 1. The first-order valence-electron chi connectivity index (χ1n) is 5.27. The van der Waals surface area contributed by atoms with E-state index >= 15 is 0 Å². The van der Waals surface area contributed by atoms with Crippen molar-refractivity contribution < 1.29 is 5.11 Å². The van der Waals surface area contributed by atoms with E-state index in [2.05, 4.69) is 9.88 Å². The van der Waals surface area contributed by atoms with Gasteiger partial charge in [0.15, 0.2) is 0 Å². The van der Waals surface area contributed by atoms with Crippen molar-refractivity contribution in [1.29, 1.82) is 0 Å². The highest BCUT2D eigenvalue weighted by Gasteiger charge is 2.23. The van der Waals surface area contributed by atoms with Crippen LogP contribution in [0, 0.1) is 0 Å². The second kappa shape index (κ2) is 2.95. The SMILES string of the molecule is OC1CCc2nc(N3CCC3)ccc21. The Labute approximate surface area is 83.4 Å². The molecule has 0 spiro atoms. The molecule has 1 atom stereocenters. The highest BCUT2D eigenvalue weighted by atomic mass is 16.3. The molecular weight excluding hydrogens is 176 g/mol. The maximum Gasteiger partial charge on any atom is 0.128 e. The third-order valence-electron chi connectivity index (χ3n) is 3.19. The molecule has 1 fully saturated rings. The number of fused-ring (bicyclic) bond motifs is 1. The third kappa shape index (κ3) is 1.12. The van der Waals surface area contributed by atoms with Gasteiger partial charge in [-0.25, -0.2) is 4.98 Å². The Balaban J connectivity index is 1.95. The van der Waals surface area contributed by atoms with Crippen molar-refractivity contribution in [2.24, 2.45) is 0 Å². The molecule has 3 heteroatoms. The summed E-state index contributed by atoms with van der Waals surface area (Å²) in [6.45, 7) is 2.27. The molecule has 0 saturated carbocycles. The second-order valence-electron chi connectivity index (χ2n) is 4.10. The Kier molecular flexibility index (Phi) is 1.74. The Morgan fingerprint density at radius 1 is 1.36 bits per heavy atom. The van der Waals surface area contributed by atoms with Gasteiger partial charge in [0.05, 0.1) is 6.10 Å². The molecule has 2 aliphatic rings. The first-order chi connectivity index (χ1) is 6.84. The first-order valence-corrected chi connectivity index (χ1v) is 5.27. The average Bonchev–Trinajstić information content (AvgIpc) is 2.45. The van der Waals surface area contributed by atoms with Gasteiger partial charge < -0.3 is 10.0 Å². The lowest BCUT2D eigenvalue weighted by atomic mass is 10.1. The summed E-state index contributed by atoms with van der Waals surface area (Å²) in [5.41, 5.74) is 2.14. The average molecular weight is 190 g/mol. The molecule has 3 nitrogen and oxygen atoms in total. The molecule has 74 valence electrons. The zero-order valence-corrected chi connectivity index (χ0v) is 8.11. The minimum Gasteiger partial charge on any atom is -0.388 e. The van der Waals surface area contributed by atoms with Crippen molar-refractivity contribution in [3.63, 3.8) is 0 Å². The number of rotatable bonds is 1. The zero-order valence-electron chi connectivity index (χ0n) is 8.11. The molecule has 2 heterocycles. The van der Waals surface area contributed by atoms with E-state index in [-0.39, 0.29) is 6.10 Å². The van der Waals surface area contributed by atoms with E-state index in [4.69, 9.17) is 0 Å². The van der Waals surface area contributed by atoms with Crippen LogP contribution >= 0.6 is 0 Å². The molecule has 1 unspecified atom stereocenters. The summed E-state index contributed by atoms with van der Waals surface area (Å²) in [7, 11) is 0. The van der Waals surface area contributed by atoms with E-state index in [0.717, 1.165) is 43.0 Å². The molecule has 0 aromatic carbocycles. The van der Waals surface area contributed by atoms with Gasteiger partial charge in [-0.3, -0.25) is 0 Å². The molecule has 14 heavy (non-hydrogen) atoms. The van der Waals surface area contributed by atoms with Crippen LogP contribution in [0.4, 0.5) is 5.82 Å². The van der Waals surface area contributed by atoms with Gasteiger partial charge in [-0.05, 0) is 25.3 Å². The van der Waals surface area contributed by atoms with Crippen LogP contribution in [0.5, 0.6) is 0 Å². The van der Waals surface area contributed by atoms with Crippen LogP contribution in [0.1, 0.15) is 30.2 Å². The fraction of sp³-hybridized carbons (Fsp3) is 0.545. The van der Waals surface area contributed by atoms with E-state index in [0.29, 0.717) is 0 Å². The lowest BCUT2D eigenvalue weighted by Gasteiger charge is -2.32. The smallest absolute Gasteiger partial charge is 0.128 e. The minimum atomic E-state index is -0.275. The number of aromatic nitrogens is 1. The Hall–Kier alpha value is -1.09. The van der Waals surface area contributed by atoms with Gasteiger partial charge in [-0.15, -0.1) is 0 Å². The molecule has 1 aromatic rings. The third-order valence-corrected chi connectivity index (χ3v) is 3.19. The van der Waals surface area contributed by atoms with Crippen LogP contribution in [0.2, 0.25) is 0 Å². The predicted octanol–water partition coefficient (Wildman–Crippen LogP) is 1.27. The molecule has 1 saturated heterocycles. The molecule has 0 radical (unpaired) electrons. The monoisotopic (exact) mass is 190 g/mol. The van der Waals surface area contributed by atoms with Gasteiger partial charge in [0.2, 0.25) is 0 Å². The van der Waals surface area contributed by atoms with E-state index in [1.165, 1.54) is 6.42 Å². The number of hydrogen-bond acceptors (Lipinski definition) is 3. The Morgan fingerprint density at radius 2 is 2.21 bits per heavy atom. The summed E-state index contributed by atoms with van der Waals surface area (Å²) in [5, 5.41) is 9.63. The number of aryl methyl sites for hydroxylation is 1. The fourth-order valence-electron chi connectivity index (χ4n) is 2.15. The molecule has 0 amide bonds. The maximum atomic E-state index is 9.63. The minimum absolute atomic E-state index is 0.275. The van der Waals surface area contributed by atoms with Crippen LogP contribution in [0.25, 0.3) is 0 Å². The second-order valence-corrected chi connectivity index (χ2v) is 4.10. The summed E-state index contributed by atoms with van der Waals surface area (Å²) >= 11 is 0. The number of nitrogens with zero attached hydrogens (tertiary/aromatic N) is 2. The van der Waals surface area contributed by atoms with Gasteiger partial charge in [-0.1, -0.05) is 6.07 Å². The number of anilines is 1. The Morgan fingerprint density at radius 3 is 2.93 bits per heavy atom. The maximum absolute atomic E-state index is 9.63. The van der Waals surface area contributed by atoms with Gasteiger partial charge >= 0.3 is 0 Å². The molecular formula is C11H14N2O. The van der Waals surface area contributed by atoms with Crippen molar-refractivity contribution in [2.75, 3.05) is 18.0 Å². The molecule has 1 N–H and O–H groups in total. The summed E-state index contributed by atoms with van der Waals surface area (Å²) in [5.74, 6) is 1.09. The normalized spacial score (nSPS) is 24.6. The molecule has 1 aliphatic heterocycles. The van der Waals surface area contributed by atoms with Gasteiger partial charge in [0, 0.05) is 24.3 Å². The van der Waals surface area contributed by atoms with Gasteiger partial charge in [-0.2, -0.15) is 0 Å².